The number of benzene rings is 3. The number of aryl methyl sites for hydroxylation is 1. The van der Waals surface area contributed by atoms with E-state index in [1.807, 2.05) is 25.1 Å². The molecule has 0 saturated heterocycles. The van der Waals surface area contributed by atoms with Crippen molar-refractivity contribution in [3.05, 3.63) is 87.9 Å². The number of halogens is 1. The van der Waals surface area contributed by atoms with Gasteiger partial charge in [0.15, 0.2) is 6.61 Å². The van der Waals surface area contributed by atoms with Crippen LogP contribution in [0.2, 0.25) is 0 Å². The van der Waals surface area contributed by atoms with E-state index in [1.165, 1.54) is 0 Å². The molecular formula is C23H17BrN2O4. The second-order valence-electron chi connectivity index (χ2n) is 6.79. The number of imide groups is 1. The Balaban J connectivity index is 1.48. The van der Waals surface area contributed by atoms with Crippen molar-refractivity contribution < 1.29 is 19.1 Å². The van der Waals surface area contributed by atoms with Crippen LogP contribution < -0.4 is 15.0 Å². The van der Waals surface area contributed by atoms with Gasteiger partial charge in [0, 0.05) is 10.2 Å². The molecule has 0 saturated carbocycles. The van der Waals surface area contributed by atoms with E-state index in [9.17, 15) is 14.4 Å². The van der Waals surface area contributed by atoms with Crippen LogP contribution in [0.4, 0.5) is 11.4 Å². The summed E-state index contributed by atoms with van der Waals surface area (Å²) in [6, 6.07) is 19.0. The number of para-hydroxylation sites is 1. The Morgan fingerprint density at radius 2 is 1.73 bits per heavy atom. The summed E-state index contributed by atoms with van der Waals surface area (Å²) in [7, 11) is 0. The zero-order valence-electron chi connectivity index (χ0n) is 16.0. The summed E-state index contributed by atoms with van der Waals surface area (Å²) in [6.45, 7) is 1.74. The van der Waals surface area contributed by atoms with Gasteiger partial charge in [0.2, 0.25) is 0 Å². The maximum Gasteiger partial charge on any atom is 0.266 e. The maximum atomic E-state index is 12.8. The van der Waals surface area contributed by atoms with Gasteiger partial charge in [-0.3, -0.25) is 14.4 Å². The monoisotopic (exact) mass is 464 g/mol. The van der Waals surface area contributed by atoms with Crippen molar-refractivity contribution in [3.8, 4) is 5.75 Å². The number of carbonyl (C=O) groups is 3. The van der Waals surface area contributed by atoms with E-state index in [2.05, 4.69) is 21.2 Å². The highest BCUT2D eigenvalue weighted by atomic mass is 79.9. The zero-order chi connectivity index (χ0) is 21.3. The Morgan fingerprint density at radius 1 is 0.967 bits per heavy atom. The molecule has 0 aliphatic carbocycles. The lowest BCUT2D eigenvalue weighted by Gasteiger charge is -2.15. The molecule has 0 bridgehead atoms. The third kappa shape index (κ3) is 3.84. The molecule has 4 rings (SSSR count). The average molecular weight is 465 g/mol. The molecule has 30 heavy (non-hydrogen) atoms. The normalized spacial score (nSPS) is 12.7. The molecule has 150 valence electrons. The van der Waals surface area contributed by atoms with Crippen LogP contribution in [0.25, 0.3) is 0 Å². The predicted molar refractivity (Wildman–Crippen MR) is 117 cm³/mol. The van der Waals surface area contributed by atoms with Crippen molar-refractivity contribution in [3.63, 3.8) is 0 Å². The summed E-state index contributed by atoms with van der Waals surface area (Å²) >= 11 is 3.32. The number of anilines is 2. The van der Waals surface area contributed by atoms with Crippen LogP contribution in [0.3, 0.4) is 0 Å². The highest BCUT2D eigenvalue weighted by molar-refractivity contribution is 9.10. The lowest BCUT2D eigenvalue weighted by molar-refractivity contribution is -0.118. The van der Waals surface area contributed by atoms with Crippen LogP contribution >= 0.6 is 15.9 Å². The van der Waals surface area contributed by atoms with Gasteiger partial charge in [-0.2, -0.15) is 0 Å². The van der Waals surface area contributed by atoms with Crippen molar-refractivity contribution in [2.24, 2.45) is 0 Å². The van der Waals surface area contributed by atoms with Crippen molar-refractivity contribution in [2.45, 2.75) is 6.92 Å². The molecule has 6 nitrogen and oxygen atoms in total. The molecule has 3 aromatic rings. The van der Waals surface area contributed by atoms with Gasteiger partial charge in [-0.25, -0.2) is 4.90 Å². The number of hydrogen-bond acceptors (Lipinski definition) is 4. The molecule has 0 aromatic heterocycles. The summed E-state index contributed by atoms with van der Waals surface area (Å²) in [4.78, 5) is 38.9. The molecule has 3 aromatic carbocycles. The molecule has 0 unspecified atom stereocenters. The Labute approximate surface area is 181 Å². The second kappa shape index (κ2) is 8.12. The summed E-state index contributed by atoms with van der Waals surface area (Å²) in [6.07, 6.45) is 0. The number of ether oxygens (including phenoxy) is 1. The molecule has 1 heterocycles. The van der Waals surface area contributed by atoms with E-state index in [1.54, 1.807) is 48.5 Å². The van der Waals surface area contributed by atoms with E-state index in [4.69, 9.17) is 4.74 Å². The topological polar surface area (TPSA) is 75.7 Å². The Bertz CT molecular complexity index is 1180. The number of hydrogen-bond donors (Lipinski definition) is 1. The number of amides is 3. The van der Waals surface area contributed by atoms with Gasteiger partial charge in [0.25, 0.3) is 17.7 Å². The molecule has 0 spiro atoms. The highest BCUT2D eigenvalue weighted by Crippen LogP contribution is 2.31. The summed E-state index contributed by atoms with van der Waals surface area (Å²) < 4.78 is 6.27. The van der Waals surface area contributed by atoms with Crippen molar-refractivity contribution in [2.75, 3.05) is 16.8 Å². The molecule has 0 radical (unpaired) electrons. The number of nitrogens with zero attached hydrogens (tertiary/aromatic N) is 1. The minimum absolute atomic E-state index is 0.157. The number of nitrogens with one attached hydrogen (secondary N) is 1. The third-order valence-corrected chi connectivity index (χ3v) is 5.18. The van der Waals surface area contributed by atoms with Crippen molar-refractivity contribution >= 4 is 45.0 Å². The van der Waals surface area contributed by atoms with E-state index in [0.29, 0.717) is 28.3 Å². The lowest BCUT2D eigenvalue weighted by atomic mass is 10.1. The molecule has 1 aliphatic heterocycles. The first-order valence-corrected chi connectivity index (χ1v) is 10.00. The van der Waals surface area contributed by atoms with Gasteiger partial charge in [0.05, 0.1) is 16.8 Å². The first-order chi connectivity index (χ1) is 14.4. The van der Waals surface area contributed by atoms with E-state index in [-0.39, 0.29) is 12.5 Å². The number of fused-ring (bicyclic) bond motifs is 1. The van der Waals surface area contributed by atoms with Gasteiger partial charge in [0.1, 0.15) is 5.75 Å². The fourth-order valence-corrected chi connectivity index (χ4v) is 3.59. The molecule has 1 N–H and O–H groups in total. The van der Waals surface area contributed by atoms with Crippen LogP contribution in [0.1, 0.15) is 26.3 Å². The fraction of sp³-hybridized carbons (Fsp3) is 0.0870. The van der Waals surface area contributed by atoms with Crippen LogP contribution in [-0.2, 0) is 4.79 Å². The molecule has 0 fully saturated rings. The summed E-state index contributed by atoms with van der Waals surface area (Å²) in [5.74, 6) is -0.503. The highest BCUT2D eigenvalue weighted by Gasteiger charge is 2.36. The van der Waals surface area contributed by atoms with Gasteiger partial charge >= 0.3 is 0 Å². The Hall–Kier alpha value is -3.45. The third-order valence-electron chi connectivity index (χ3n) is 4.69. The summed E-state index contributed by atoms with van der Waals surface area (Å²) in [5.41, 5.74) is 2.47. The quantitative estimate of drug-likeness (QED) is 0.560. The first-order valence-electron chi connectivity index (χ1n) is 9.21. The molecule has 7 heteroatoms. The average Bonchev–Trinajstić information content (AvgIpc) is 2.97. The minimum Gasteiger partial charge on any atom is -0.483 e. The summed E-state index contributed by atoms with van der Waals surface area (Å²) in [5, 5.41) is 2.73. The SMILES string of the molecule is Cc1ccccc1OCC(=O)Nc1cccc(N2C(=O)c3ccc(Br)cc3C2=O)c1. The Kier molecular flexibility index (Phi) is 5.37. The maximum absolute atomic E-state index is 12.8. The van der Waals surface area contributed by atoms with Crippen LogP contribution in [0, 0.1) is 6.92 Å². The number of rotatable bonds is 5. The van der Waals surface area contributed by atoms with Crippen molar-refractivity contribution in [1.29, 1.82) is 0 Å². The lowest BCUT2D eigenvalue weighted by Crippen LogP contribution is -2.29. The van der Waals surface area contributed by atoms with Gasteiger partial charge in [-0.15, -0.1) is 0 Å². The van der Waals surface area contributed by atoms with Crippen LogP contribution in [0.15, 0.2) is 71.2 Å². The van der Waals surface area contributed by atoms with E-state index < -0.39 is 11.8 Å². The van der Waals surface area contributed by atoms with Gasteiger partial charge < -0.3 is 10.1 Å². The first kappa shape index (κ1) is 19.8. The van der Waals surface area contributed by atoms with E-state index in [0.717, 1.165) is 14.9 Å². The standard InChI is InChI=1S/C23H17BrN2O4/c1-14-5-2-3-8-20(14)30-13-21(27)25-16-6-4-7-17(12-16)26-22(28)18-10-9-15(24)11-19(18)23(26)29/h2-12H,13H2,1H3,(H,25,27). The fourth-order valence-electron chi connectivity index (χ4n) is 3.23. The molecule has 3 amide bonds. The zero-order valence-corrected chi connectivity index (χ0v) is 17.6. The predicted octanol–water partition coefficient (Wildman–Crippen LogP) is 4.58. The van der Waals surface area contributed by atoms with Crippen LogP contribution in [-0.4, -0.2) is 24.3 Å². The largest absolute Gasteiger partial charge is 0.483 e. The molecule has 0 atom stereocenters. The van der Waals surface area contributed by atoms with Gasteiger partial charge in [-0.1, -0.05) is 40.2 Å². The minimum atomic E-state index is -0.400. The molecule has 1 aliphatic rings. The second-order valence-corrected chi connectivity index (χ2v) is 7.70. The van der Waals surface area contributed by atoms with E-state index >= 15 is 0 Å². The number of carbonyl (C=O) groups excluding carboxylic acids is 3. The van der Waals surface area contributed by atoms with Crippen LogP contribution in [0.5, 0.6) is 5.75 Å². The van der Waals surface area contributed by atoms with Crippen molar-refractivity contribution in [1.82, 2.24) is 0 Å². The van der Waals surface area contributed by atoms with Gasteiger partial charge in [-0.05, 0) is 55.0 Å². The Morgan fingerprint density at radius 3 is 2.53 bits per heavy atom. The smallest absolute Gasteiger partial charge is 0.266 e. The molecular weight excluding hydrogens is 448 g/mol.